The third-order valence-corrected chi connectivity index (χ3v) is 2.71. The van der Waals surface area contributed by atoms with E-state index in [0.29, 0.717) is 0 Å². The molecule has 0 aromatic rings. The lowest BCUT2D eigenvalue weighted by atomic mass is 9.87. The Bertz CT molecular complexity index is 163. The molecule has 1 N–H and O–H groups in total. The van der Waals surface area contributed by atoms with Crippen molar-refractivity contribution in [3.8, 4) is 0 Å². The number of aliphatic hydroxyl groups excluding tert-OH is 1. The van der Waals surface area contributed by atoms with Crippen molar-refractivity contribution in [2.24, 2.45) is 5.41 Å². The van der Waals surface area contributed by atoms with Crippen molar-refractivity contribution < 1.29 is 5.11 Å². The van der Waals surface area contributed by atoms with E-state index >= 15 is 0 Å². The van der Waals surface area contributed by atoms with Gasteiger partial charge in [-0.2, -0.15) is 0 Å². The molecular formula is C12H28N2O. The summed E-state index contributed by atoms with van der Waals surface area (Å²) in [6.07, 6.45) is 0.646. The number of hydrogen-bond donors (Lipinski definition) is 1. The molecule has 0 saturated carbocycles. The van der Waals surface area contributed by atoms with Gasteiger partial charge in [-0.1, -0.05) is 20.8 Å². The van der Waals surface area contributed by atoms with Crippen LogP contribution in [0.15, 0.2) is 0 Å². The van der Waals surface area contributed by atoms with Gasteiger partial charge in [-0.25, -0.2) is 0 Å². The molecule has 0 heterocycles. The summed E-state index contributed by atoms with van der Waals surface area (Å²) in [5.74, 6) is 0. The van der Waals surface area contributed by atoms with Crippen molar-refractivity contribution in [3.63, 3.8) is 0 Å². The van der Waals surface area contributed by atoms with Gasteiger partial charge >= 0.3 is 0 Å². The van der Waals surface area contributed by atoms with Gasteiger partial charge in [0.05, 0.1) is 6.10 Å². The molecule has 0 bridgehead atoms. The highest BCUT2D eigenvalue weighted by molar-refractivity contribution is 4.73. The van der Waals surface area contributed by atoms with Gasteiger partial charge in [0.25, 0.3) is 0 Å². The Kier molecular flexibility index (Phi) is 6.41. The van der Waals surface area contributed by atoms with Gasteiger partial charge < -0.3 is 14.9 Å². The highest BCUT2D eigenvalue weighted by Gasteiger charge is 2.21. The number of nitrogens with zero attached hydrogens (tertiary/aromatic N) is 2. The molecule has 0 rings (SSSR count). The van der Waals surface area contributed by atoms with Crippen LogP contribution in [0.5, 0.6) is 0 Å². The third-order valence-electron chi connectivity index (χ3n) is 2.71. The summed E-state index contributed by atoms with van der Waals surface area (Å²) in [7, 11) is 6.27. The standard InChI is InChI=1S/C12H28N2O/c1-12(2,3)11(15)7-8-14(6)10-9-13(4)5/h11,15H,7-10H2,1-6H3. The summed E-state index contributed by atoms with van der Waals surface area (Å²) in [6, 6.07) is 0. The second-order valence-electron chi connectivity index (χ2n) is 5.78. The zero-order valence-corrected chi connectivity index (χ0v) is 11.2. The zero-order chi connectivity index (χ0) is 12.1. The van der Waals surface area contributed by atoms with Gasteiger partial charge in [-0.05, 0) is 33.0 Å². The molecule has 0 aliphatic rings. The van der Waals surface area contributed by atoms with Crippen molar-refractivity contribution in [3.05, 3.63) is 0 Å². The Hall–Kier alpha value is -0.120. The maximum absolute atomic E-state index is 9.87. The second-order valence-corrected chi connectivity index (χ2v) is 5.78. The molecule has 0 spiro atoms. The Morgan fingerprint density at radius 3 is 1.93 bits per heavy atom. The molecule has 0 aromatic carbocycles. The number of rotatable bonds is 6. The van der Waals surface area contributed by atoms with Crippen LogP contribution in [-0.4, -0.2) is 61.8 Å². The van der Waals surface area contributed by atoms with Crippen LogP contribution in [0.3, 0.4) is 0 Å². The largest absolute Gasteiger partial charge is 0.393 e. The van der Waals surface area contributed by atoms with E-state index in [9.17, 15) is 5.11 Å². The molecule has 3 nitrogen and oxygen atoms in total. The number of hydrogen-bond acceptors (Lipinski definition) is 3. The topological polar surface area (TPSA) is 26.7 Å². The minimum absolute atomic E-state index is 0.00237. The molecule has 1 atom stereocenters. The SMILES string of the molecule is CN(C)CCN(C)CCC(O)C(C)(C)C. The van der Waals surface area contributed by atoms with Gasteiger partial charge in [-0.15, -0.1) is 0 Å². The maximum Gasteiger partial charge on any atom is 0.0600 e. The van der Waals surface area contributed by atoms with E-state index < -0.39 is 0 Å². The van der Waals surface area contributed by atoms with Crippen LogP contribution in [0.1, 0.15) is 27.2 Å². The van der Waals surface area contributed by atoms with Crippen LogP contribution in [0, 0.1) is 5.41 Å². The Labute approximate surface area is 95.1 Å². The second kappa shape index (κ2) is 6.46. The Morgan fingerprint density at radius 2 is 1.53 bits per heavy atom. The first kappa shape index (κ1) is 14.9. The van der Waals surface area contributed by atoms with E-state index in [0.717, 1.165) is 26.1 Å². The van der Waals surface area contributed by atoms with Gasteiger partial charge in [0.15, 0.2) is 0 Å². The quantitative estimate of drug-likeness (QED) is 0.724. The molecule has 0 amide bonds. The maximum atomic E-state index is 9.87. The summed E-state index contributed by atoms with van der Waals surface area (Å²) in [5, 5.41) is 9.87. The van der Waals surface area contributed by atoms with E-state index in [-0.39, 0.29) is 11.5 Å². The molecule has 0 aromatic heterocycles. The van der Waals surface area contributed by atoms with Crippen LogP contribution < -0.4 is 0 Å². The van der Waals surface area contributed by atoms with Crippen molar-refractivity contribution in [2.75, 3.05) is 40.8 Å². The average molecular weight is 216 g/mol. The minimum atomic E-state index is -0.209. The summed E-state index contributed by atoms with van der Waals surface area (Å²) in [4.78, 5) is 4.45. The van der Waals surface area contributed by atoms with Crippen molar-refractivity contribution in [1.82, 2.24) is 9.80 Å². The summed E-state index contributed by atoms with van der Waals surface area (Å²) in [6.45, 7) is 9.34. The highest BCUT2D eigenvalue weighted by Crippen LogP contribution is 2.21. The van der Waals surface area contributed by atoms with Crippen molar-refractivity contribution in [1.29, 1.82) is 0 Å². The number of likely N-dealkylation sites (N-methyl/N-ethyl adjacent to an activating group) is 2. The molecule has 0 radical (unpaired) electrons. The highest BCUT2D eigenvalue weighted by atomic mass is 16.3. The summed E-state index contributed by atoms with van der Waals surface area (Å²) in [5.41, 5.74) is 0.00237. The fourth-order valence-electron chi connectivity index (χ4n) is 1.26. The van der Waals surface area contributed by atoms with E-state index in [4.69, 9.17) is 0 Å². The molecule has 3 heteroatoms. The van der Waals surface area contributed by atoms with Gasteiger partial charge in [0.2, 0.25) is 0 Å². The van der Waals surface area contributed by atoms with Gasteiger partial charge in [0.1, 0.15) is 0 Å². The van der Waals surface area contributed by atoms with Crippen LogP contribution in [0.2, 0.25) is 0 Å². The average Bonchev–Trinajstić information content (AvgIpc) is 2.09. The van der Waals surface area contributed by atoms with Crippen molar-refractivity contribution in [2.45, 2.75) is 33.3 Å². The lowest BCUT2D eigenvalue weighted by Gasteiger charge is -2.28. The van der Waals surface area contributed by atoms with E-state index in [1.165, 1.54) is 0 Å². The first-order valence-corrected chi connectivity index (χ1v) is 5.75. The summed E-state index contributed by atoms with van der Waals surface area (Å²) < 4.78 is 0. The molecular weight excluding hydrogens is 188 g/mol. The first-order chi connectivity index (χ1) is 6.73. The fourth-order valence-corrected chi connectivity index (χ4v) is 1.26. The van der Waals surface area contributed by atoms with Crippen LogP contribution in [-0.2, 0) is 0 Å². The lowest BCUT2D eigenvalue weighted by Crippen LogP contribution is -2.34. The molecule has 15 heavy (non-hydrogen) atoms. The monoisotopic (exact) mass is 216 g/mol. The molecule has 0 fully saturated rings. The fraction of sp³-hybridized carbons (Fsp3) is 1.00. The summed E-state index contributed by atoms with van der Waals surface area (Å²) >= 11 is 0. The van der Waals surface area contributed by atoms with Crippen LogP contribution in [0.25, 0.3) is 0 Å². The van der Waals surface area contributed by atoms with E-state index in [1.807, 2.05) is 0 Å². The van der Waals surface area contributed by atoms with E-state index in [2.05, 4.69) is 51.7 Å². The smallest absolute Gasteiger partial charge is 0.0600 e. The Balaban J connectivity index is 3.66. The third kappa shape index (κ3) is 7.77. The molecule has 1 unspecified atom stereocenters. The molecule has 0 aliphatic carbocycles. The van der Waals surface area contributed by atoms with Crippen LogP contribution >= 0.6 is 0 Å². The predicted octanol–water partition coefficient (Wildman–Crippen LogP) is 1.28. The van der Waals surface area contributed by atoms with Crippen LogP contribution in [0.4, 0.5) is 0 Å². The van der Waals surface area contributed by atoms with Crippen molar-refractivity contribution >= 4 is 0 Å². The lowest BCUT2D eigenvalue weighted by molar-refractivity contribution is 0.0475. The molecule has 0 saturated heterocycles. The Morgan fingerprint density at radius 1 is 1.00 bits per heavy atom. The normalized spacial score (nSPS) is 15.0. The minimum Gasteiger partial charge on any atom is -0.393 e. The first-order valence-electron chi connectivity index (χ1n) is 5.75. The van der Waals surface area contributed by atoms with Gasteiger partial charge in [-0.3, -0.25) is 0 Å². The molecule has 92 valence electrons. The predicted molar refractivity (Wildman–Crippen MR) is 66.1 cm³/mol. The number of aliphatic hydroxyl groups is 1. The van der Waals surface area contributed by atoms with E-state index in [1.54, 1.807) is 0 Å². The molecule has 0 aliphatic heterocycles. The van der Waals surface area contributed by atoms with Gasteiger partial charge in [0, 0.05) is 19.6 Å². The zero-order valence-electron chi connectivity index (χ0n) is 11.2.